The first-order chi connectivity index (χ1) is 16.7. The van der Waals surface area contributed by atoms with Gasteiger partial charge >= 0.3 is 12.3 Å². The molecule has 36 heavy (non-hydrogen) atoms. The molecule has 3 amide bonds. The third kappa shape index (κ3) is 6.46. The summed E-state index contributed by atoms with van der Waals surface area (Å²) in [5.74, 6) is -1.50. The molecule has 13 heteroatoms. The van der Waals surface area contributed by atoms with Gasteiger partial charge in [0.05, 0.1) is 24.3 Å². The minimum Gasteiger partial charge on any atom is -0.444 e. The molecule has 9 nitrogen and oxygen atoms in total. The smallest absolute Gasteiger partial charge is 0.433 e. The Morgan fingerprint density at radius 1 is 1.17 bits per heavy atom. The molecule has 0 aromatic carbocycles. The molecule has 0 radical (unpaired) electrons. The number of carbonyl (C=O) groups excluding carboxylic acids is 3. The summed E-state index contributed by atoms with van der Waals surface area (Å²) in [7, 11) is 0. The van der Waals surface area contributed by atoms with Crippen molar-refractivity contribution in [3.63, 3.8) is 0 Å². The molecule has 2 aromatic rings. The van der Waals surface area contributed by atoms with Crippen LogP contribution in [0.3, 0.4) is 0 Å². The van der Waals surface area contributed by atoms with Gasteiger partial charge in [-0.2, -0.15) is 13.2 Å². The van der Waals surface area contributed by atoms with Gasteiger partial charge in [0, 0.05) is 24.4 Å². The van der Waals surface area contributed by atoms with Crippen molar-refractivity contribution in [2.24, 2.45) is 5.73 Å². The van der Waals surface area contributed by atoms with Gasteiger partial charge < -0.3 is 15.8 Å². The Balaban J connectivity index is 1.78. The largest absolute Gasteiger partial charge is 0.444 e. The molecule has 2 atom stereocenters. The Hall–Kier alpha value is -3.77. The third-order valence-corrected chi connectivity index (χ3v) is 5.22. The number of alkyl halides is 4. The maximum absolute atomic E-state index is 14.0. The number of carbonyl (C=O) groups is 3. The van der Waals surface area contributed by atoms with Crippen LogP contribution in [-0.2, 0) is 22.3 Å². The second-order valence-electron chi connectivity index (χ2n) is 9.21. The molecule has 0 aliphatic carbocycles. The average molecular weight is 511 g/mol. The molecule has 2 unspecified atom stereocenters. The fourth-order valence-electron chi connectivity index (χ4n) is 3.60. The van der Waals surface area contributed by atoms with E-state index in [2.05, 4.69) is 15.3 Å². The summed E-state index contributed by atoms with van der Waals surface area (Å²) in [6, 6.07) is 2.18. The van der Waals surface area contributed by atoms with Gasteiger partial charge in [0.25, 0.3) is 5.91 Å². The van der Waals surface area contributed by atoms with E-state index in [-0.39, 0.29) is 41.9 Å². The van der Waals surface area contributed by atoms with Crippen LogP contribution in [0.1, 0.15) is 48.9 Å². The number of halogens is 4. The molecule has 0 saturated carbocycles. The van der Waals surface area contributed by atoms with Crippen LogP contribution in [0, 0.1) is 0 Å². The normalized spacial score (nSPS) is 18.1. The number of nitrogens with one attached hydrogen (secondary N) is 1. The predicted octanol–water partition coefficient (Wildman–Crippen LogP) is 3.23. The van der Waals surface area contributed by atoms with E-state index in [1.54, 1.807) is 20.8 Å². The molecule has 3 heterocycles. The van der Waals surface area contributed by atoms with Gasteiger partial charge in [0.2, 0.25) is 5.91 Å². The first-order valence-corrected chi connectivity index (χ1v) is 10.9. The number of likely N-dealkylation sites (tertiary alicyclic amines) is 1. The Morgan fingerprint density at radius 2 is 1.86 bits per heavy atom. The molecule has 3 N–H and O–H groups in total. The van der Waals surface area contributed by atoms with Crippen LogP contribution in [0.15, 0.2) is 30.6 Å². The average Bonchev–Trinajstić information content (AvgIpc) is 3.17. The molecular weight excluding hydrogens is 486 g/mol. The van der Waals surface area contributed by atoms with Crippen molar-refractivity contribution in [3.8, 4) is 11.1 Å². The number of hydrogen-bond donors (Lipinski definition) is 2. The maximum Gasteiger partial charge on any atom is 0.433 e. The number of amides is 3. The number of aromatic nitrogens is 2. The topological polar surface area (TPSA) is 128 Å². The minimum atomic E-state index is -4.63. The van der Waals surface area contributed by atoms with Crippen molar-refractivity contribution < 1.29 is 36.7 Å². The van der Waals surface area contributed by atoms with Crippen LogP contribution < -0.4 is 11.1 Å². The van der Waals surface area contributed by atoms with Crippen molar-refractivity contribution in [2.45, 2.75) is 57.7 Å². The number of nitrogens with two attached hydrogens (primary N) is 1. The highest BCUT2D eigenvalue weighted by atomic mass is 19.4. The van der Waals surface area contributed by atoms with E-state index < -0.39 is 47.6 Å². The zero-order valence-electron chi connectivity index (χ0n) is 19.7. The lowest BCUT2D eigenvalue weighted by Gasteiger charge is -2.27. The molecular formula is C23H25F4N5O4. The minimum absolute atomic E-state index is 0.0567. The first-order valence-electron chi connectivity index (χ1n) is 10.9. The Labute approximate surface area is 204 Å². The molecule has 1 aliphatic heterocycles. The van der Waals surface area contributed by atoms with Crippen molar-refractivity contribution >= 4 is 17.9 Å². The van der Waals surface area contributed by atoms with E-state index in [1.807, 2.05) is 0 Å². The van der Waals surface area contributed by atoms with Crippen molar-refractivity contribution in [1.82, 2.24) is 20.2 Å². The number of pyridine rings is 2. The van der Waals surface area contributed by atoms with Crippen molar-refractivity contribution in [1.29, 1.82) is 0 Å². The summed E-state index contributed by atoms with van der Waals surface area (Å²) in [6.45, 7) is 4.48. The first kappa shape index (κ1) is 26.8. The number of hydrogen-bond acceptors (Lipinski definition) is 6. The Bertz CT molecular complexity index is 1150. The van der Waals surface area contributed by atoms with Crippen LogP contribution in [-0.4, -0.2) is 57.1 Å². The van der Waals surface area contributed by atoms with Crippen LogP contribution in [0.25, 0.3) is 11.1 Å². The molecule has 3 rings (SSSR count). The maximum atomic E-state index is 14.0. The highest BCUT2D eigenvalue weighted by Crippen LogP contribution is 2.30. The summed E-state index contributed by atoms with van der Waals surface area (Å²) in [6.07, 6.45) is -4.97. The Morgan fingerprint density at radius 3 is 2.42 bits per heavy atom. The van der Waals surface area contributed by atoms with Crippen molar-refractivity contribution in [2.75, 3.05) is 6.54 Å². The van der Waals surface area contributed by atoms with Crippen molar-refractivity contribution in [3.05, 3.63) is 47.5 Å². The lowest BCUT2D eigenvalue weighted by Crippen LogP contribution is -2.47. The molecule has 1 saturated heterocycles. The van der Waals surface area contributed by atoms with Gasteiger partial charge in [-0.05, 0) is 38.5 Å². The lowest BCUT2D eigenvalue weighted by molar-refractivity contribution is -0.141. The van der Waals surface area contributed by atoms with Gasteiger partial charge in [0.15, 0.2) is 0 Å². The van der Waals surface area contributed by atoms with Crippen LogP contribution >= 0.6 is 0 Å². The van der Waals surface area contributed by atoms with Gasteiger partial charge in [-0.15, -0.1) is 0 Å². The van der Waals surface area contributed by atoms with E-state index >= 15 is 0 Å². The second kappa shape index (κ2) is 10.1. The summed E-state index contributed by atoms with van der Waals surface area (Å²) in [5, 5.41) is 2.57. The van der Waals surface area contributed by atoms with Crippen LogP contribution in [0.5, 0.6) is 0 Å². The quantitative estimate of drug-likeness (QED) is 0.594. The van der Waals surface area contributed by atoms with Gasteiger partial charge in [-0.3, -0.25) is 24.5 Å². The summed E-state index contributed by atoms with van der Waals surface area (Å²) in [5.41, 5.74) is 3.97. The van der Waals surface area contributed by atoms with Gasteiger partial charge in [-0.1, -0.05) is 6.07 Å². The zero-order valence-corrected chi connectivity index (χ0v) is 19.7. The number of primary amides is 1. The fraction of sp³-hybridized carbons (Fsp3) is 0.435. The van der Waals surface area contributed by atoms with Gasteiger partial charge in [-0.25, -0.2) is 9.18 Å². The highest BCUT2D eigenvalue weighted by Gasteiger charge is 2.41. The molecule has 1 aliphatic rings. The number of nitrogens with zero attached hydrogens (tertiary/aromatic N) is 3. The molecule has 1 fully saturated rings. The van der Waals surface area contributed by atoms with Crippen LogP contribution in [0.2, 0.25) is 0 Å². The van der Waals surface area contributed by atoms with Gasteiger partial charge in [0.1, 0.15) is 23.5 Å². The second-order valence-corrected chi connectivity index (χ2v) is 9.21. The monoisotopic (exact) mass is 511 g/mol. The molecule has 0 spiro atoms. The predicted molar refractivity (Wildman–Crippen MR) is 119 cm³/mol. The van der Waals surface area contributed by atoms with Crippen LogP contribution in [0.4, 0.5) is 22.4 Å². The van der Waals surface area contributed by atoms with E-state index in [0.29, 0.717) is 0 Å². The third-order valence-electron chi connectivity index (χ3n) is 5.22. The summed E-state index contributed by atoms with van der Waals surface area (Å²) >= 11 is 0. The fourth-order valence-corrected chi connectivity index (χ4v) is 3.60. The lowest BCUT2D eigenvalue weighted by atomic mass is 10.0. The summed E-state index contributed by atoms with van der Waals surface area (Å²) in [4.78, 5) is 45.5. The number of rotatable bonds is 5. The summed E-state index contributed by atoms with van der Waals surface area (Å²) < 4.78 is 57.8. The van der Waals surface area contributed by atoms with E-state index in [9.17, 15) is 31.9 Å². The highest BCUT2D eigenvalue weighted by molar-refractivity contribution is 5.99. The molecule has 2 aromatic heterocycles. The van der Waals surface area contributed by atoms with E-state index in [1.165, 1.54) is 6.07 Å². The van der Waals surface area contributed by atoms with E-state index in [4.69, 9.17) is 10.5 Å². The van der Waals surface area contributed by atoms with E-state index in [0.717, 1.165) is 29.4 Å². The number of ether oxygens (including phenoxy) is 1. The standard InChI is InChI=1S/C23H25F4N5O4/c1-22(2,3)36-21(35)32-11-13(24)6-17(32)20(34)31-9-14-7-15(16(10-29-14)19(28)33)12-4-5-18(30-8-12)23(25,26)27/h4-5,7-8,10,13,17H,6,9,11H2,1-3H3,(H2,28,33)(H,31,34). The molecule has 194 valence electrons. The SMILES string of the molecule is CC(C)(C)OC(=O)N1CC(F)CC1C(=O)NCc1cc(-c2ccc(C(F)(F)F)nc2)c(C(N)=O)cn1. The molecule has 0 bridgehead atoms. The zero-order chi connectivity index (χ0) is 26.8. The Kier molecular flexibility index (Phi) is 7.51.